The summed E-state index contributed by atoms with van der Waals surface area (Å²) in [6, 6.07) is 0. The van der Waals surface area contributed by atoms with E-state index in [1.165, 1.54) is 212 Å². The minimum Gasteiger partial charge on any atom is -0.477 e. The van der Waals surface area contributed by atoms with E-state index >= 15 is 0 Å². The Labute approximate surface area is 611 Å². The van der Waals surface area contributed by atoms with Crippen LogP contribution in [0.5, 0.6) is 0 Å². The summed E-state index contributed by atoms with van der Waals surface area (Å²) in [4.78, 5) is 37.8. The minimum absolute atomic E-state index is 0.181. The maximum absolute atomic E-state index is 13.0. The van der Waals surface area contributed by atoms with Crippen molar-refractivity contribution >= 4 is 17.9 Å². The zero-order valence-corrected chi connectivity index (χ0v) is 65.1. The van der Waals surface area contributed by atoms with Gasteiger partial charge in [-0.25, -0.2) is 4.79 Å². The Morgan fingerprint density at radius 2 is 0.576 bits per heavy atom. The van der Waals surface area contributed by atoms with Gasteiger partial charge in [0.15, 0.2) is 6.10 Å². The largest absolute Gasteiger partial charge is 0.477 e. The summed E-state index contributed by atoms with van der Waals surface area (Å²) in [5.41, 5.74) is 0. The molecule has 0 aliphatic rings. The van der Waals surface area contributed by atoms with Gasteiger partial charge in [-0.05, 0) is 96.3 Å². The third-order valence-electron chi connectivity index (χ3n) is 17.9. The van der Waals surface area contributed by atoms with Crippen LogP contribution < -0.4 is 0 Å². The summed E-state index contributed by atoms with van der Waals surface area (Å²) < 4.78 is 23.0. The lowest BCUT2D eigenvalue weighted by Crippen LogP contribution is -2.40. The molecular weight excluding hydrogens is 1220 g/mol. The minimum atomic E-state index is -1.52. The van der Waals surface area contributed by atoms with Gasteiger partial charge in [0.2, 0.25) is 0 Å². The molecule has 568 valence electrons. The van der Waals surface area contributed by atoms with Crippen molar-refractivity contribution in [2.45, 2.75) is 373 Å². The van der Waals surface area contributed by atoms with Crippen molar-refractivity contribution in [1.29, 1.82) is 0 Å². The highest BCUT2D eigenvalue weighted by Crippen LogP contribution is 2.19. The van der Waals surface area contributed by atoms with E-state index in [2.05, 4.69) is 148 Å². The fourth-order valence-corrected chi connectivity index (χ4v) is 11.7. The van der Waals surface area contributed by atoms with Gasteiger partial charge in [0, 0.05) is 12.8 Å². The second kappa shape index (κ2) is 79.1. The van der Waals surface area contributed by atoms with Gasteiger partial charge in [0.1, 0.15) is 13.2 Å². The molecule has 0 saturated heterocycles. The van der Waals surface area contributed by atoms with Crippen molar-refractivity contribution in [2.75, 3.05) is 47.5 Å². The molecule has 0 radical (unpaired) electrons. The molecule has 9 nitrogen and oxygen atoms in total. The lowest BCUT2D eigenvalue weighted by Gasteiger charge is -2.25. The number of rotatable bonds is 76. The molecule has 0 spiro atoms. The van der Waals surface area contributed by atoms with E-state index in [0.717, 1.165) is 116 Å². The molecule has 0 amide bonds. The lowest BCUT2D eigenvalue weighted by molar-refractivity contribution is -0.870. The number of carboxylic acid groups (broad SMARTS) is 1. The first-order valence-electron chi connectivity index (χ1n) is 41.3. The number of likely N-dealkylation sites (N-methyl/N-ethyl adjacent to an activating group) is 1. The molecule has 9 heteroatoms. The zero-order chi connectivity index (χ0) is 71.8. The van der Waals surface area contributed by atoms with E-state index in [-0.39, 0.29) is 32.2 Å². The maximum Gasteiger partial charge on any atom is 0.361 e. The molecule has 0 aliphatic carbocycles. The third kappa shape index (κ3) is 80.6. The Balaban J connectivity index is 4.09. The van der Waals surface area contributed by atoms with Crippen LogP contribution in [0.3, 0.4) is 0 Å². The van der Waals surface area contributed by atoms with Crippen LogP contribution in [-0.2, 0) is 33.3 Å². The monoisotopic (exact) mass is 1380 g/mol. The Morgan fingerprint density at radius 1 is 0.313 bits per heavy atom. The fourth-order valence-electron chi connectivity index (χ4n) is 11.7. The zero-order valence-electron chi connectivity index (χ0n) is 65.1. The van der Waals surface area contributed by atoms with Crippen molar-refractivity contribution in [2.24, 2.45) is 0 Å². The standard InChI is InChI=1S/C90H155NO8/c1-6-8-10-12-14-16-18-20-22-24-26-28-30-32-34-36-38-40-41-42-43-44-45-46-47-49-51-53-55-57-59-61-63-65-67-69-71-73-75-77-79-81-88(93)99-86(85-98-90(89(94)95)96-83-82-91(3,4)5)84-97-87(92)80-78-76-74-72-70-68-66-64-62-60-58-56-54-52-50-48-39-37-35-33-31-29-27-25-23-21-19-17-15-13-11-9-7-2/h8,10,14,16,20,22,26,28,32,34,38,40,42-43,45-46,49,51,55,57,61,63,86,90H,6-7,9,11-13,15,17-19,21,23-25,27,29-31,33,35-37,39,41,44,47-48,50,52-54,56,58-60,62,64-85H2,1-5H3/p+1/b10-8-,16-14-,22-20-,28-26-,34-32-,40-38-,43-42-,46-45-,51-49-,57-55-,63-61-. The van der Waals surface area contributed by atoms with Crippen molar-refractivity contribution in [3.8, 4) is 0 Å². The van der Waals surface area contributed by atoms with Gasteiger partial charge in [0.05, 0.1) is 34.4 Å². The lowest BCUT2D eigenvalue weighted by atomic mass is 10.0. The van der Waals surface area contributed by atoms with Gasteiger partial charge in [-0.15, -0.1) is 0 Å². The summed E-state index contributed by atoms with van der Waals surface area (Å²) >= 11 is 0. The van der Waals surface area contributed by atoms with Gasteiger partial charge >= 0.3 is 17.9 Å². The maximum atomic E-state index is 13.0. The second-order valence-electron chi connectivity index (χ2n) is 28.7. The highest BCUT2D eigenvalue weighted by Gasteiger charge is 2.25. The Bertz CT molecular complexity index is 2100. The number of quaternary nitrogens is 1. The smallest absolute Gasteiger partial charge is 0.361 e. The van der Waals surface area contributed by atoms with Crippen molar-refractivity contribution < 1.29 is 42.9 Å². The number of hydrogen-bond donors (Lipinski definition) is 1. The number of aliphatic carboxylic acids is 1. The number of hydrogen-bond acceptors (Lipinski definition) is 7. The van der Waals surface area contributed by atoms with E-state index in [1.807, 2.05) is 21.1 Å². The Hall–Kier alpha value is -4.57. The van der Waals surface area contributed by atoms with Crippen LogP contribution in [0.4, 0.5) is 0 Å². The number of unbranched alkanes of at least 4 members (excludes halogenated alkanes) is 39. The van der Waals surface area contributed by atoms with Gasteiger partial charge in [0.25, 0.3) is 6.29 Å². The SMILES string of the molecule is CC/C=C\C/C=C\C/C=C\C/C=C\C/C=C\C/C=C\C/C=C\C/C=C\C/C=C\C/C=C\C/C=C\CCCCCCCCCC(=O)OC(COC(=O)CCCCCCCCCCCCCCCCCCCCCCCCCCCCCCCCCCC)COC(OCC[N+](C)(C)C)C(=O)O. The molecule has 0 heterocycles. The normalized spacial score (nSPS) is 13.3. The van der Waals surface area contributed by atoms with Gasteiger partial charge in [-0.1, -0.05) is 385 Å². The molecule has 99 heavy (non-hydrogen) atoms. The highest BCUT2D eigenvalue weighted by molar-refractivity contribution is 5.71. The van der Waals surface area contributed by atoms with Crippen LogP contribution in [0.1, 0.15) is 361 Å². The van der Waals surface area contributed by atoms with Crippen LogP contribution in [0, 0.1) is 0 Å². The number of allylic oxidation sites excluding steroid dienone is 22. The molecule has 0 aromatic carbocycles. The van der Waals surface area contributed by atoms with Crippen molar-refractivity contribution in [3.05, 3.63) is 134 Å². The summed E-state index contributed by atoms with van der Waals surface area (Å²) in [5.74, 6) is -2.01. The first-order valence-corrected chi connectivity index (χ1v) is 41.3. The number of carbonyl (C=O) groups is 3. The molecule has 0 aliphatic heterocycles. The molecule has 0 bridgehead atoms. The predicted molar refractivity (Wildman–Crippen MR) is 428 cm³/mol. The van der Waals surface area contributed by atoms with Crippen LogP contribution in [0.2, 0.25) is 0 Å². The highest BCUT2D eigenvalue weighted by atomic mass is 16.7. The Kier molecular flexibility index (Phi) is 75.5. The number of carbonyl (C=O) groups excluding carboxylic acids is 2. The van der Waals surface area contributed by atoms with Gasteiger partial charge < -0.3 is 28.5 Å². The predicted octanol–water partition coefficient (Wildman–Crippen LogP) is 26.8. The summed E-state index contributed by atoms with van der Waals surface area (Å²) in [6.45, 7) is 4.79. The molecule has 0 aromatic heterocycles. The van der Waals surface area contributed by atoms with Crippen molar-refractivity contribution in [3.63, 3.8) is 0 Å². The molecule has 2 unspecified atom stereocenters. The first-order chi connectivity index (χ1) is 48.6. The summed E-state index contributed by atoms with van der Waals surface area (Å²) in [7, 11) is 5.98. The molecule has 0 fully saturated rings. The summed E-state index contributed by atoms with van der Waals surface area (Å²) in [6.07, 6.45) is 112. The molecular formula is C90H156NO8+. The molecule has 2 atom stereocenters. The average molecular weight is 1380 g/mol. The van der Waals surface area contributed by atoms with E-state index < -0.39 is 24.3 Å². The average Bonchev–Trinajstić information content (AvgIpc) is 2.62. The fraction of sp³-hybridized carbons (Fsp3) is 0.722. The van der Waals surface area contributed by atoms with Crippen LogP contribution in [-0.4, -0.2) is 87.4 Å². The summed E-state index contributed by atoms with van der Waals surface area (Å²) in [5, 5.41) is 9.78. The van der Waals surface area contributed by atoms with Crippen LogP contribution in [0.25, 0.3) is 0 Å². The van der Waals surface area contributed by atoms with Gasteiger partial charge in [-0.3, -0.25) is 9.59 Å². The molecule has 0 rings (SSSR count). The van der Waals surface area contributed by atoms with Gasteiger partial charge in [-0.2, -0.15) is 0 Å². The first kappa shape index (κ1) is 94.4. The third-order valence-corrected chi connectivity index (χ3v) is 17.9. The number of ether oxygens (including phenoxy) is 4. The topological polar surface area (TPSA) is 108 Å². The van der Waals surface area contributed by atoms with Crippen LogP contribution in [0.15, 0.2) is 134 Å². The Morgan fingerprint density at radius 3 is 0.859 bits per heavy atom. The van der Waals surface area contributed by atoms with Crippen molar-refractivity contribution in [1.82, 2.24) is 0 Å². The van der Waals surface area contributed by atoms with E-state index in [4.69, 9.17) is 18.9 Å². The molecule has 1 N–H and O–H groups in total. The quantitative estimate of drug-likeness (QED) is 0.0211. The van der Waals surface area contributed by atoms with E-state index in [1.54, 1.807) is 0 Å². The number of nitrogens with zero attached hydrogens (tertiary/aromatic N) is 1. The number of carboxylic acids is 1. The molecule has 0 aromatic rings. The number of esters is 2. The van der Waals surface area contributed by atoms with E-state index in [0.29, 0.717) is 23.9 Å². The molecule has 0 saturated carbocycles. The van der Waals surface area contributed by atoms with Crippen LogP contribution >= 0.6 is 0 Å². The second-order valence-corrected chi connectivity index (χ2v) is 28.7. The van der Waals surface area contributed by atoms with E-state index in [9.17, 15) is 19.5 Å².